The summed E-state index contributed by atoms with van der Waals surface area (Å²) in [6.07, 6.45) is 25.8. The fourth-order valence-electron chi connectivity index (χ4n) is 23.5. The zero-order valence-electron chi connectivity index (χ0n) is 85.7. The van der Waals surface area contributed by atoms with Crippen molar-refractivity contribution in [1.82, 2.24) is 0 Å². The van der Waals surface area contributed by atoms with Crippen LogP contribution in [0.5, 0.6) is 0 Å². The van der Waals surface area contributed by atoms with Crippen LogP contribution in [0.15, 0.2) is 350 Å². The second-order valence-corrected chi connectivity index (χ2v) is 41.4. The normalized spacial score (nSPS) is 15.7. The van der Waals surface area contributed by atoms with E-state index in [9.17, 15) is 0 Å². The third-order valence-electron chi connectivity index (χ3n) is 31.0. The van der Waals surface area contributed by atoms with Crippen LogP contribution in [0.1, 0.15) is 227 Å². The number of benzene rings is 16. The van der Waals surface area contributed by atoms with Gasteiger partial charge in [0.05, 0.1) is 56.7 Å². The van der Waals surface area contributed by atoms with Crippen molar-refractivity contribution in [1.29, 1.82) is 0 Å². The summed E-state index contributed by atoms with van der Waals surface area (Å²) in [4.78, 5) is 7.06. The maximum Gasteiger partial charge on any atom is 0.493 e. The molecule has 5 heterocycles. The molecule has 748 valence electrons. The summed E-state index contributed by atoms with van der Waals surface area (Å²) in [5.41, 5.74) is 31.8. The zero-order chi connectivity index (χ0) is 99.7. The highest BCUT2D eigenvalue weighted by Gasteiger charge is 2.46. The number of nitrogens with zero attached hydrogens (tertiary/aromatic N) is 3. The van der Waals surface area contributed by atoms with Gasteiger partial charge in [0.2, 0.25) is 0 Å². The molecule has 16 aromatic carbocycles. The van der Waals surface area contributed by atoms with Crippen LogP contribution in [-0.2, 0) is 57.9 Å². The van der Waals surface area contributed by atoms with Crippen molar-refractivity contribution < 1.29 is 47.0 Å². The molecule has 0 amide bonds. The van der Waals surface area contributed by atoms with Gasteiger partial charge < -0.3 is 61.7 Å². The van der Waals surface area contributed by atoms with E-state index in [2.05, 4.69) is 404 Å². The average molecular weight is 2010 g/mol. The second kappa shape index (κ2) is 48.0. The topological polar surface area (TPSA) is 102 Å². The molecule has 16 heteroatoms. The Morgan fingerprint density at radius 3 is 0.810 bits per heavy atom. The van der Waals surface area contributed by atoms with Crippen LogP contribution >= 0.6 is 15.9 Å². The van der Waals surface area contributed by atoms with Gasteiger partial charge >= 0.3 is 14.2 Å². The fourth-order valence-corrected chi connectivity index (χ4v) is 23.7. The lowest BCUT2D eigenvalue weighted by atomic mass is 9.67. The molecule has 0 N–H and O–H groups in total. The van der Waals surface area contributed by atoms with Crippen LogP contribution in [0, 0.1) is 0 Å². The van der Waals surface area contributed by atoms with Gasteiger partial charge in [-0.05, 0) is 248 Å². The number of hydrogen-bond donors (Lipinski definition) is 0. The van der Waals surface area contributed by atoms with Crippen molar-refractivity contribution in [3.05, 3.63) is 389 Å². The van der Waals surface area contributed by atoms with E-state index in [-0.39, 0.29) is 43.9 Å². The molecule has 0 spiro atoms. The van der Waals surface area contributed by atoms with Crippen LogP contribution in [-0.4, -0.2) is 80.3 Å². The lowest BCUT2D eigenvalue weighted by Gasteiger charge is -2.34. The van der Waals surface area contributed by atoms with Gasteiger partial charge in [0.25, 0.3) is 0 Å². The van der Waals surface area contributed by atoms with Crippen molar-refractivity contribution in [2.45, 2.75) is 199 Å². The van der Waals surface area contributed by atoms with E-state index in [1.54, 1.807) is 0 Å². The highest BCUT2D eigenvalue weighted by molar-refractivity contribution is 9.10. The summed E-state index contributed by atoms with van der Waals surface area (Å²) in [7, 11) is -0.500. The number of halogens is 1. The summed E-state index contributed by atoms with van der Waals surface area (Å²) in [5, 5.41) is 7.26. The summed E-state index contributed by atoms with van der Waals surface area (Å²) < 4.78 is 60.0. The minimum Gasteiger partial charge on any atom is -0.407 e. The number of ether oxygens (including phenoxy) is 6. The SMILES string of the molecule is Brc1ccc(N(c2ccc(C3OCCO3)cc2)c2cccc3ccccc23)cc1.CCCCCCC1(CCCCCC)c2cc(-c3ccc(N(c4ccc(C5OCCO5)cc4)c4cccc5ccccc45)cc3)ccc2-c2ccc(-c3ccc(N(c4ccc(C5OCCO5)cc4)c4cccc5ccccc45)cc3)cc21.CCCCCCC1(CCCCCC)c2cc(B3OCCCO3)ccc2-c2ccc(B3OCCCO3)cc21. The molecule has 5 saturated heterocycles. The Hall–Kier alpha value is -12.1. The smallest absolute Gasteiger partial charge is 0.407 e. The molecular formula is C131H136B2BrN3O10. The Bertz CT molecular complexity index is 6730. The first kappa shape index (κ1) is 101. The molecule has 16 aromatic rings. The highest BCUT2D eigenvalue weighted by atomic mass is 79.9. The first-order valence-electron chi connectivity index (χ1n) is 54.5. The summed E-state index contributed by atoms with van der Waals surface area (Å²) in [5.74, 6) is 0. The van der Waals surface area contributed by atoms with Crippen LogP contribution in [0.2, 0.25) is 0 Å². The number of fused-ring (bicyclic) bond motifs is 9. The van der Waals surface area contributed by atoms with Crippen molar-refractivity contribution in [2.24, 2.45) is 0 Å². The summed E-state index contributed by atoms with van der Waals surface area (Å²) in [6, 6.07) is 127. The fraction of sp³-hybridized carbons (Fsp3) is 0.313. The first-order valence-corrected chi connectivity index (χ1v) is 55.3. The standard InChI is InChI=1S/C75H72N2O4.C31H44B2O4.C25H20BrNO2/c1-3-5-7-13-45-75(46-14-8-6-4-2)69-51-59(53-25-35-61(36-26-53)76(71-23-15-19-55-17-9-11-21-65(55)71)63-39-29-57(30-40-63)73-78-47-48-79-73)33-43-67(69)68-44-34-60(52-70(68)75)54-27-37-62(38-28-54)77(72-24-16-20-56-18-10-12-22-66(56)72)64-41-31-58(32-42-64)74-80-49-50-81-74;1-3-5-7-9-17-31(18-10-8-6-4-2)29-23-25(32-34-19-11-20-35-32)13-15-27(29)28-16-14-26(24-30(28)31)33-36-21-12-22-37-33;26-20-10-14-22(15-11-20)27(24-7-3-5-18-4-1-2-6-23(18)24)21-12-8-19(9-13-21)25-28-16-17-29-25/h9-12,15-44,51-52,73-74H,3-8,13-14,45-50H2,1-2H3;13-16,23-24H,3-12,17-22H2,1-2H3;1-15,25H,16-17H2. The lowest BCUT2D eigenvalue weighted by molar-refractivity contribution is -0.0443. The van der Waals surface area contributed by atoms with Crippen molar-refractivity contribution >= 4 is 125 Å². The second-order valence-electron chi connectivity index (χ2n) is 40.5. The molecule has 0 bridgehead atoms. The van der Waals surface area contributed by atoms with Gasteiger partial charge in [0.15, 0.2) is 18.9 Å². The van der Waals surface area contributed by atoms with Crippen LogP contribution in [0.4, 0.5) is 51.2 Å². The van der Waals surface area contributed by atoms with Gasteiger partial charge in [-0.2, -0.15) is 0 Å². The molecule has 7 aliphatic rings. The molecule has 147 heavy (non-hydrogen) atoms. The van der Waals surface area contributed by atoms with Gasteiger partial charge in [-0.1, -0.05) is 377 Å². The largest absolute Gasteiger partial charge is 0.493 e. The number of hydrogen-bond acceptors (Lipinski definition) is 13. The van der Waals surface area contributed by atoms with Gasteiger partial charge in [-0.15, -0.1) is 0 Å². The Balaban J connectivity index is 0.000000156. The van der Waals surface area contributed by atoms with Crippen LogP contribution in [0.25, 0.3) is 76.8 Å². The maximum absolute atomic E-state index is 6.04. The zero-order valence-corrected chi connectivity index (χ0v) is 87.3. The average Bonchev–Trinajstić information content (AvgIpc) is 1.56. The molecule has 23 rings (SSSR count). The Morgan fingerprint density at radius 1 is 0.252 bits per heavy atom. The minimum atomic E-state index is -0.320. The Labute approximate surface area is 878 Å². The first-order chi connectivity index (χ1) is 72.6. The molecule has 5 aliphatic heterocycles. The van der Waals surface area contributed by atoms with Crippen molar-refractivity contribution in [3.8, 4) is 44.5 Å². The van der Waals surface area contributed by atoms with Gasteiger partial charge in [0, 0.05) is 109 Å². The number of anilines is 9. The van der Waals surface area contributed by atoms with E-state index >= 15 is 0 Å². The lowest BCUT2D eigenvalue weighted by Crippen LogP contribution is -2.42. The quantitative estimate of drug-likeness (QED) is 0.0275. The van der Waals surface area contributed by atoms with E-state index in [4.69, 9.17) is 47.0 Å². The van der Waals surface area contributed by atoms with Crippen molar-refractivity contribution in [3.63, 3.8) is 0 Å². The molecule has 0 unspecified atom stereocenters. The van der Waals surface area contributed by atoms with E-state index in [1.165, 1.54) is 215 Å². The third-order valence-corrected chi connectivity index (χ3v) is 31.5. The summed E-state index contributed by atoms with van der Waals surface area (Å²) >= 11 is 3.55. The van der Waals surface area contributed by atoms with E-state index in [1.807, 2.05) is 0 Å². The van der Waals surface area contributed by atoms with Gasteiger partial charge in [-0.3, -0.25) is 0 Å². The molecule has 2 aliphatic carbocycles. The van der Waals surface area contributed by atoms with E-state index in [0.29, 0.717) is 39.6 Å². The predicted molar refractivity (Wildman–Crippen MR) is 610 cm³/mol. The molecule has 0 radical (unpaired) electrons. The Kier molecular flexibility index (Phi) is 32.9. The monoisotopic (exact) mass is 2010 g/mol. The molecule has 13 nitrogen and oxygen atoms in total. The maximum atomic E-state index is 6.04. The highest BCUT2D eigenvalue weighted by Crippen LogP contribution is 2.58. The summed E-state index contributed by atoms with van der Waals surface area (Å²) in [6.45, 7) is 16.1. The number of unbranched alkanes of at least 4 members (excludes halogenated alkanes) is 12. The molecule has 0 saturated carbocycles. The predicted octanol–water partition coefficient (Wildman–Crippen LogP) is 33.8. The number of rotatable bonds is 36. The van der Waals surface area contributed by atoms with Crippen molar-refractivity contribution in [2.75, 3.05) is 80.8 Å². The van der Waals surface area contributed by atoms with Gasteiger partial charge in [-0.25, -0.2) is 0 Å². The minimum absolute atomic E-state index is 0.0154. The molecule has 0 atom stereocenters. The van der Waals surface area contributed by atoms with Crippen LogP contribution < -0.4 is 25.6 Å². The van der Waals surface area contributed by atoms with E-state index < -0.39 is 0 Å². The third kappa shape index (κ3) is 22.2. The molecular weight excluding hydrogens is 1880 g/mol. The van der Waals surface area contributed by atoms with Gasteiger partial charge in [0.1, 0.15) is 0 Å². The molecule has 0 aromatic heterocycles. The van der Waals surface area contributed by atoms with E-state index in [0.717, 1.165) is 135 Å². The van der Waals surface area contributed by atoms with Crippen LogP contribution in [0.3, 0.4) is 0 Å². The Morgan fingerprint density at radius 2 is 0.510 bits per heavy atom. The molecule has 5 fully saturated rings.